The largest absolute Gasteiger partial charge is 0.296 e. The minimum Gasteiger partial charge on any atom is -0.296 e. The summed E-state index contributed by atoms with van der Waals surface area (Å²) >= 11 is 11.4. The lowest BCUT2D eigenvalue weighted by molar-refractivity contribution is 0.233. The van der Waals surface area contributed by atoms with Crippen molar-refractivity contribution < 1.29 is 4.39 Å². The molecule has 1 aromatic carbocycles. The molecule has 0 aliphatic carbocycles. The Bertz CT molecular complexity index is 397. The van der Waals surface area contributed by atoms with Crippen LogP contribution in [0.2, 0.25) is 5.02 Å². The summed E-state index contributed by atoms with van der Waals surface area (Å²) in [6, 6.07) is 5.68. The van der Waals surface area contributed by atoms with E-state index in [-0.39, 0.29) is 10.8 Å². The van der Waals surface area contributed by atoms with Crippen molar-refractivity contribution in [2.24, 2.45) is 0 Å². The SMILES string of the molecule is Fc1cc(CN2CCCC2CCCCl)ccc1Cl. The maximum absolute atomic E-state index is 13.4. The monoisotopic (exact) mass is 289 g/mol. The Morgan fingerprint density at radius 1 is 1.39 bits per heavy atom. The Kier molecular flexibility index (Phi) is 5.28. The quantitative estimate of drug-likeness (QED) is 0.724. The van der Waals surface area contributed by atoms with Gasteiger partial charge in [-0.3, -0.25) is 4.90 Å². The van der Waals surface area contributed by atoms with E-state index in [1.54, 1.807) is 12.1 Å². The fourth-order valence-electron chi connectivity index (χ4n) is 2.62. The van der Waals surface area contributed by atoms with Gasteiger partial charge in [-0.05, 0) is 49.9 Å². The Hall–Kier alpha value is -0.310. The summed E-state index contributed by atoms with van der Waals surface area (Å²) in [5.74, 6) is 0.394. The first-order valence-electron chi connectivity index (χ1n) is 6.44. The van der Waals surface area contributed by atoms with Gasteiger partial charge in [-0.15, -0.1) is 11.6 Å². The van der Waals surface area contributed by atoms with Gasteiger partial charge in [0.25, 0.3) is 0 Å². The first kappa shape index (κ1) is 14.1. The molecule has 0 amide bonds. The van der Waals surface area contributed by atoms with E-state index in [4.69, 9.17) is 23.2 Å². The number of benzene rings is 1. The van der Waals surface area contributed by atoms with Gasteiger partial charge < -0.3 is 0 Å². The smallest absolute Gasteiger partial charge is 0.142 e. The molecule has 1 aliphatic heterocycles. The number of rotatable bonds is 5. The predicted molar refractivity (Wildman–Crippen MR) is 74.8 cm³/mol. The number of alkyl halides is 1. The normalized spacial score (nSPS) is 20.5. The zero-order chi connectivity index (χ0) is 13.0. The topological polar surface area (TPSA) is 3.24 Å². The van der Waals surface area contributed by atoms with Gasteiger partial charge in [-0.2, -0.15) is 0 Å². The van der Waals surface area contributed by atoms with Crippen molar-refractivity contribution in [3.8, 4) is 0 Å². The van der Waals surface area contributed by atoms with Crippen molar-refractivity contribution in [2.75, 3.05) is 12.4 Å². The van der Waals surface area contributed by atoms with Gasteiger partial charge in [0.1, 0.15) is 5.82 Å². The Morgan fingerprint density at radius 2 is 2.22 bits per heavy atom. The van der Waals surface area contributed by atoms with Crippen molar-refractivity contribution in [2.45, 2.75) is 38.3 Å². The van der Waals surface area contributed by atoms with Crippen LogP contribution in [0.1, 0.15) is 31.2 Å². The lowest BCUT2D eigenvalue weighted by Crippen LogP contribution is -2.28. The number of likely N-dealkylation sites (tertiary alicyclic amines) is 1. The molecule has 1 saturated heterocycles. The molecule has 0 aromatic heterocycles. The third kappa shape index (κ3) is 3.59. The van der Waals surface area contributed by atoms with Crippen molar-refractivity contribution in [3.05, 3.63) is 34.6 Å². The average Bonchev–Trinajstić information content (AvgIpc) is 2.79. The van der Waals surface area contributed by atoms with Gasteiger partial charge in [0, 0.05) is 18.5 Å². The van der Waals surface area contributed by atoms with Crippen LogP contribution in [0, 0.1) is 5.82 Å². The van der Waals surface area contributed by atoms with Gasteiger partial charge in [-0.25, -0.2) is 4.39 Å². The van der Waals surface area contributed by atoms with Crippen molar-refractivity contribution in [3.63, 3.8) is 0 Å². The number of hydrogen-bond donors (Lipinski definition) is 0. The minimum absolute atomic E-state index is 0.193. The van der Waals surface area contributed by atoms with Crippen LogP contribution < -0.4 is 0 Å². The molecule has 0 bridgehead atoms. The van der Waals surface area contributed by atoms with E-state index >= 15 is 0 Å². The van der Waals surface area contributed by atoms with Crippen molar-refractivity contribution >= 4 is 23.2 Å². The molecule has 0 radical (unpaired) electrons. The van der Waals surface area contributed by atoms with Crippen molar-refractivity contribution in [1.82, 2.24) is 4.90 Å². The molecule has 0 saturated carbocycles. The molecule has 1 heterocycles. The van der Waals surface area contributed by atoms with Gasteiger partial charge in [0.2, 0.25) is 0 Å². The summed E-state index contributed by atoms with van der Waals surface area (Å²) in [5, 5.41) is 0.193. The summed E-state index contributed by atoms with van der Waals surface area (Å²) in [7, 11) is 0. The van der Waals surface area contributed by atoms with Crippen LogP contribution in [0.4, 0.5) is 4.39 Å². The van der Waals surface area contributed by atoms with Gasteiger partial charge >= 0.3 is 0 Å². The second kappa shape index (κ2) is 6.74. The molecule has 4 heteroatoms. The van der Waals surface area contributed by atoms with Gasteiger partial charge in [-0.1, -0.05) is 17.7 Å². The summed E-state index contributed by atoms with van der Waals surface area (Å²) in [6.45, 7) is 1.90. The van der Waals surface area contributed by atoms with Crippen LogP contribution >= 0.6 is 23.2 Å². The minimum atomic E-state index is -0.328. The molecule has 0 spiro atoms. The standard InChI is InChI=1S/C14H18Cl2FN/c15-7-1-3-12-4-2-8-18(12)10-11-5-6-13(16)14(17)9-11/h5-6,9,12H,1-4,7-8,10H2. The molecule has 2 rings (SSSR count). The summed E-state index contributed by atoms with van der Waals surface area (Å²) in [6.07, 6.45) is 4.65. The maximum atomic E-state index is 13.4. The Balaban J connectivity index is 1.96. The molecular formula is C14H18Cl2FN. The van der Waals surface area contributed by atoms with E-state index in [0.717, 1.165) is 37.4 Å². The zero-order valence-electron chi connectivity index (χ0n) is 10.3. The zero-order valence-corrected chi connectivity index (χ0v) is 11.9. The molecule has 0 N–H and O–H groups in total. The summed E-state index contributed by atoms with van der Waals surface area (Å²) in [4.78, 5) is 2.43. The highest BCUT2D eigenvalue weighted by Gasteiger charge is 2.23. The van der Waals surface area contributed by atoms with E-state index in [1.807, 2.05) is 6.07 Å². The van der Waals surface area contributed by atoms with Gasteiger partial charge in [0.05, 0.1) is 5.02 Å². The van der Waals surface area contributed by atoms with Crippen LogP contribution in [0.15, 0.2) is 18.2 Å². The Labute approximate surface area is 118 Å². The molecule has 1 aromatic rings. The second-order valence-corrected chi connectivity index (χ2v) is 5.63. The molecule has 1 unspecified atom stereocenters. The lowest BCUT2D eigenvalue weighted by Gasteiger charge is -2.24. The highest BCUT2D eigenvalue weighted by Crippen LogP contribution is 2.25. The van der Waals surface area contributed by atoms with Crippen LogP contribution in [-0.4, -0.2) is 23.4 Å². The van der Waals surface area contributed by atoms with Gasteiger partial charge in [0.15, 0.2) is 0 Å². The van der Waals surface area contributed by atoms with Crippen LogP contribution in [0.25, 0.3) is 0 Å². The van der Waals surface area contributed by atoms with Crippen molar-refractivity contribution in [1.29, 1.82) is 0 Å². The number of halogens is 3. The molecule has 1 nitrogen and oxygen atoms in total. The molecule has 1 aliphatic rings. The first-order valence-corrected chi connectivity index (χ1v) is 7.36. The summed E-state index contributed by atoms with van der Waals surface area (Å²) in [5.41, 5.74) is 0.995. The number of nitrogens with zero attached hydrogens (tertiary/aromatic N) is 1. The maximum Gasteiger partial charge on any atom is 0.142 e. The average molecular weight is 290 g/mol. The van der Waals surface area contributed by atoms with E-state index < -0.39 is 0 Å². The highest BCUT2D eigenvalue weighted by molar-refractivity contribution is 6.30. The van der Waals surface area contributed by atoms with Crippen LogP contribution in [0.5, 0.6) is 0 Å². The molecule has 100 valence electrons. The first-order chi connectivity index (χ1) is 8.70. The third-order valence-corrected chi connectivity index (χ3v) is 4.11. The predicted octanol–water partition coefficient (Wildman–Crippen LogP) is 4.46. The lowest BCUT2D eigenvalue weighted by atomic mass is 10.1. The summed E-state index contributed by atoms with van der Waals surface area (Å²) < 4.78 is 13.4. The third-order valence-electron chi connectivity index (χ3n) is 3.54. The van der Waals surface area contributed by atoms with E-state index in [9.17, 15) is 4.39 Å². The fourth-order valence-corrected chi connectivity index (χ4v) is 2.89. The fraction of sp³-hybridized carbons (Fsp3) is 0.571. The van der Waals surface area contributed by atoms with Crippen LogP contribution in [-0.2, 0) is 6.54 Å². The molecular weight excluding hydrogens is 272 g/mol. The molecule has 1 atom stereocenters. The number of hydrogen-bond acceptors (Lipinski definition) is 1. The van der Waals surface area contributed by atoms with E-state index in [2.05, 4.69) is 4.90 Å². The Morgan fingerprint density at radius 3 is 2.94 bits per heavy atom. The van der Waals surface area contributed by atoms with Crippen LogP contribution in [0.3, 0.4) is 0 Å². The molecule has 18 heavy (non-hydrogen) atoms. The second-order valence-electron chi connectivity index (χ2n) is 4.85. The molecule has 1 fully saturated rings. The highest BCUT2D eigenvalue weighted by atomic mass is 35.5. The van der Waals surface area contributed by atoms with E-state index in [1.165, 1.54) is 12.8 Å². The van der Waals surface area contributed by atoms with E-state index in [0.29, 0.717) is 6.04 Å².